The van der Waals surface area contributed by atoms with Gasteiger partial charge in [-0.15, -0.1) is 0 Å². The van der Waals surface area contributed by atoms with Gasteiger partial charge in [0, 0.05) is 18.1 Å². The summed E-state index contributed by atoms with van der Waals surface area (Å²) in [6.45, 7) is 0.133. The van der Waals surface area contributed by atoms with E-state index in [1.165, 1.54) is 11.3 Å². The van der Waals surface area contributed by atoms with E-state index in [2.05, 4.69) is 0 Å². The zero-order valence-corrected chi connectivity index (χ0v) is 10.2. The lowest BCUT2D eigenvalue weighted by Gasteiger charge is -2.08. The van der Waals surface area contributed by atoms with Gasteiger partial charge >= 0.3 is 0 Å². The predicted molar refractivity (Wildman–Crippen MR) is 66.7 cm³/mol. The van der Waals surface area contributed by atoms with Crippen molar-refractivity contribution in [1.82, 2.24) is 0 Å². The normalized spacial score (nSPS) is 10.2. The van der Waals surface area contributed by atoms with E-state index >= 15 is 0 Å². The summed E-state index contributed by atoms with van der Waals surface area (Å²) in [4.78, 5) is 12.2. The Kier molecular flexibility index (Phi) is 3.90. The quantitative estimate of drug-likeness (QED) is 0.603. The average molecular weight is 248 g/mol. The molecule has 0 bridgehead atoms. The number of para-hydroxylation sites is 1. The van der Waals surface area contributed by atoms with Crippen molar-refractivity contribution in [2.75, 3.05) is 13.9 Å². The molecule has 0 spiro atoms. The zero-order chi connectivity index (χ0) is 12.1. The van der Waals surface area contributed by atoms with Crippen molar-refractivity contribution in [3.63, 3.8) is 0 Å². The summed E-state index contributed by atoms with van der Waals surface area (Å²) < 4.78 is 10.2. The van der Waals surface area contributed by atoms with Crippen molar-refractivity contribution in [3.8, 4) is 5.75 Å². The minimum Gasteiger partial charge on any atom is -0.467 e. The maximum Gasteiger partial charge on any atom is 0.197 e. The number of benzene rings is 1. The number of hydrogen-bond donors (Lipinski definition) is 0. The molecule has 0 atom stereocenters. The van der Waals surface area contributed by atoms with Crippen LogP contribution in [0.3, 0.4) is 0 Å². The van der Waals surface area contributed by atoms with Crippen molar-refractivity contribution in [1.29, 1.82) is 0 Å². The van der Waals surface area contributed by atoms with Gasteiger partial charge < -0.3 is 9.47 Å². The van der Waals surface area contributed by atoms with Crippen LogP contribution in [0.4, 0.5) is 0 Å². The van der Waals surface area contributed by atoms with Gasteiger partial charge in [0.15, 0.2) is 12.6 Å². The second-order valence-electron chi connectivity index (χ2n) is 3.39. The molecule has 0 amide bonds. The number of methoxy groups -OCH3 is 1. The second kappa shape index (κ2) is 5.61. The Morgan fingerprint density at radius 2 is 2.12 bits per heavy atom. The lowest BCUT2D eigenvalue weighted by atomic mass is 10.1. The molecule has 0 aliphatic carbocycles. The standard InChI is InChI=1S/C13H12O3S/c1-15-9-16-12-5-3-2-4-11(12)13(14)10-6-7-17-8-10/h2-8H,9H2,1H3. The minimum absolute atomic E-state index is 0.0297. The van der Waals surface area contributed by atoms with Gasteiger partial charge in [-0.3, -0.25) is 4.79 Å². The Bertz CT molecular complexity index is 491. The Morgan fingerprint density at radius 1 is 1.29 bits per heavy atom. The number of carbonyl (C=O) groups is 1. The Morgan fingerprint density at radius 3 is 2.82 bits per heavy atom. The highest BCUT2D eigenvalue weighted by atomic mass is 32.1. The van der Waals surface area contributed by atoms with Gasteiger partial charge in [-0.2, -0.15) is 11.3 Å². The summed E-state index contributed by atoms with van der Waals surface area (Å²) in [5, 5.41) is 3.71. The highest BCUT2D eigenvalue weighted by molar-refractivity contribution is 7.08. The molecule has 0 saturated heterocycles. The van der Waals surface area contributed by atoms with Gasteiger partial charge in [-0.05, 0) is 23.6 Å². The van der Waals surface area contributed by atoms with E-state index < -0.39 is 0 Å². The van der Waals surface area contributed by atoms with E-state index in [1.54, 1.807) is 25.3 Å². The Balaban J connectivity index is 2.28. The van der Waals surface area contributed by atoms with Crippen molar-refractivity contribution in [2.45, 2.75) is 0 Å². The molecule has 3 nitrogen and oxygen atoms in total. The number of carbonyl (C=O) groups excluding carboxylic acids is 1. The molecule has 0 radical (unpaired) electrons. The summed E-state index contributed by atoms with van der Waals surface area (Å²) >= 11 is 1.50. The largest absolute Gasteiger partial charge is 0.467 e. The molecule has 17 heavy (non-hydrogen) atoms. The number of ketones is 1. The molecule has 2 rings (SSSR count). The molecule has 1 aromatic heterocycles. The fourth-order valence-corrected chi connectivity index (χ4v) is 2.09. The molecule has 0 aliphatic rings. The fraction of sp³-hybridized carbons (Fsp3) is 0.154. The number of rotatable bonds is 5. The lowest BCUT2D eigenvalue weighted by molar-refractivity contribution is 0.0503. The summed E-state index contributed by atoms with van der Waals surface area (Å²) in [6, 6.07) is 8.97. The van der Waals surface area contributed by atoms with E-state index in [-0.39, 0.29) is 12.6 Å². The van der Waals surface area contributed by atoms with Gasteiger partial charge in [0.05, 0.1) is 5.56 Å². The SMILES string of the molecule is COCOc1ccccc1C(=O)c1ccsc1. The van der Waals surface area contributed by atoms with Crippen LogP contribution in [0.2, 0.25) is 0 Å². The van der Waals surface area contributed by atoms with Crippen LogP contribution < -0.4 is 4.74 Å². The first-order valence-electron chi connectivity index (χ1n) is 5.10. The molecule has 0 N–H and O–H groups in total. The first-order valence-corrected chi connectivity index (χ1v) is 6.05. The summed E-state index contributed by atoms with van der Waals surface area (Å²) in [5.41, 5.74) is 1.24. The van der Waals surface area contributed by atoms with Crippen LogP contribution in [-0.4, -0.2) is 19.7 Å². The van der Waals surface area contributed by atoms with Crippen LogP contribution in [0.5, 0.6) is 5.75 Å². The number of thiophene rings is 1. The molecule has 4 heteroatoms. The van der Waals surface area contributed by atoms with Gasteiger partial charge in [0.1, 0.15) is 5.75 Å². The van der Waals surface area contributed by atoms with Crippen LogP contribution in [0.15, 0.2) is 41.1 Å². The van der Waals surface area contributed by atoms with E-state index in [0.717, 1.165) is 0 Å². The van der Waals surface area contributed by atoms with E-state index in [9.17, 15) is 4.79 Å². The molecule has 0 unspecified atom stereocenters. The molecule has 1 heterocycles. The van der Waals surface area contributed by atoms with E-state index in [1.807, 2.05) is 22.9 Å². The van der Waals surface area contributed by atoms with Gasteiger partial charge in [0.25, 0.3) is 0 Å². The first-order chi connectivity index (χ1) is 8.33. The summed E-state index contributed by atoms with van der Waals surface area (Å²) in [5.74, 6) is 0.517. The smallest absolute Gasteiger partial charge is 0.197 e. The number of ether oxygens (including phenoxy) is 2. The third kappa shape index (κ3) is 2.72. The molecule has 88 valence electrons. The molecule has 1 aromatic carbocycles. The average Bonchev–Trinajstić information content (AvgIpc) is 2.89. The predicted octanol–water partition coefficient (Wildman–Crippen LogP) is 2.96. The molecule has 0 aliphatic heterocycles. The van der Waals surface area contributed by atoms with Crippen LogP contribution >= 0.6 is 11.3 Å². The monoisotopic (exact) mass is 248 g/mol. The van der Waals surface area contributed by atoms with Crippen LogP contribution in [-0.2, 0) is 4.74 Å². The van der Waals surface area contributed by atoms with Gasteiger partial charge in [-0.25, -0.2) is 0 Å². The topological polar surface area (TPSA) is 35.5 Å². The molecular weight excluding hydrogens is 236 g/mol. The third-order valence-electron chi connectivity index (χ3n) is 2.25. The Labute approximate surface area is 104 Å². The van der Waals surface area contributed by atoms with E-state index in [4.69, 9.17) is 9.47 Å². The van der Waals surface area contributed by atoms with Crippen LogP contribution in [0, 0.1) is 0 Å². The zero-order valence-electron chi connectivity index (χ0n) is 9.38. The van der Waals surface area contributed by atoms with Crippen molar-refractivity contribution >= 4 is 17.1 Å². The van der Waals surface area contributed by atoms with Crippen molar-refractivity contribution in [2.24, 2.45) is 0 Å². The fourth-order valence-electron chi connectivity index (χ4n) is 1.45. The molecule has 2 aromatic rings. The van der Waals surface area contributed by atoms with Crippen molar-refractivity contribution < 1.29 is 14.3 Å². The van der Waals surface area contributed by atoms with Gasteiger partial charge in [0.2, 0.25) is 0 Å². The highest BCUT2D eigenvalue weighted by Crippen LogP contribution is 2.22. The first kappa shape index (κ1) is 11.8. The maximum atomic E-state index is 12.2. The van der Waals surface area contributed by atoms with Crippen LogP contribution in [0.25, 0.3) is 0 Å². The number of hydrogen-bond acceptors (Lipinski definition) is 4. The summed E-state index contributed by atoms with van der Waals surface area (Å²) in [6.07, 6.45) is 0. The Hall–Kier alpha value is -1.65. The minimum atomic E-state index is -0.0297. The molecular formula is C13H12O3S. The lowest BCUT2D eigenvalue weighted by Crippen LogP contribution is -2.06. The third-order valence-corrected chi connectivity index (χ3v) is 2.93. The van der Waals surface area contributed by atoms with E-state index in [0.29, 0.717) is 16.9 Å². The highest BCUT2D eigenvalue weighted by Gasteiger charge is 2.14. The second-order valence-corrected chi connectivity index (χ2v) is 4.17. The van der Waals surface area contributed by atoms with Gasteiger partial charge in [-0.1, -0.05) is 12.1 Å². The maximum absolute atomic E-state index is 12.2. The summed E-state index contributed by atoms with van der Waals surface area (Å²) in [7, 11) is 1.54. The molecule has 0 fully saturated rings. The van der Waals surface area contributed by atoms with Crippen molar-refractivity contribution in [3.05, 3.63) is 52.2 Å². The molecule has 0 saturated carbocycles. The van der Waals surface area contributed by atoms with Crippen LogP contribution in [0.1, 0.15) is 15.9 Å².